The Kier molecular flexibility index (Phi) is 7.29. The molecule has 2 amide bonds. The highest BCUT2D eigenvalue weighted by Gasteiger charge is 2.18. The fraction of sp³-hybridized carbons (Fsp3) is 0.364. The van der Waals surface area contributed by atoms with E-state index >= 15 is 0 Å². The average molecular weight is 386 g/mol. The smallest absolute Gasteiger partial charge is 0.279 e. The first-order valence-electron chi connectivity index (χ1n) is 9.33. The minimum Gasteiger partial charge on any atom is -0.337 e. The van der Waals surface area contributed by atoms with Crippen LogP contribution in [0.3, 0.4) is 0 Å². The highest BCUT2D eigenvalue weighted by atomic mass is 19.1. The van der Waals surface area contributed by atoms with Gasteiger partial charge in [-0.05, 0) is 49.6 Å². The van der Waals surface area contributed by atoms with Crippen molar-refractivity contribution in [3.8, 4) is 0 Å². The van der Waals surface area contributed by atoms with E-state index in [-0.39, 0.29) is 30.7 Å². The maximum atomic E-state index is 13.3. The van der Waals surface area contributed by atoms with Gasteiger partial charge in [0.25, 0.3) is 11.8 Å². The normalized spacial score (nSPS) is 11.8. The minimum absolute atomic E-state index is 0.0998. The Morgan fingerprint density at radius 2 is 1.71 bits per heavy atom. The van der Waals surface area contributed by atoms with Crippen LogP contribution in [0.15, 0.2) is 36.4 Å². The van der Waals surface area contributed by atoms with Crippen molar-refractivity contribution < 1.29 is 18.9 Å². The van der Waals surface area contributed by atoms with Gasteiger partial charge in [-0.15, -0.1) is 0 Å². The van der Waals surface area contributed by atoms with Gasteiger partial charge in [0.1, 0.15) is 5.82 Å². The van der Waals surface area contributed by atoms with E-state index in [1.54, 1.807) is 24.1 Å². The highest BCUT2D eigenvalue weighted by molar-refractivity contribution is 5.93. The Hall–Kier alpha value is -2.73. The van der Waals surface area contributed by atoms with E-state index in [4.69, 9.17) is 0 Å². The first-order valence-corrected chi connectivity index (χ1v) is 9.33. The Balaban J connectivity index is 1.88. The minimum atomic E-state index is -0.320. The summed E-state index contributed by atoms with van der Waals surface area (Å²) in [6.07, 6.45) is 0. The molecular weight excluding hydrogens is 357 g/mol. The van der Waals surface area contributed by atoms with Crippen molar-refractivity contribution in [2.75, 3.05) is 32.5 Å². The first-order chi connectivity index (χ1) is 13.2. The van der Waals surface area contributed by atoms with Crippen molar-refractivity contribution in [1.82, 2.24) is 4.90 Å². The Bertz CT molecular complexity index is 844. The molecule has 2 aromatic carbocycles. The Morgan fingerprint density at radius 1 is 1.07 bits per heavy atom. The number of hydrogen-bond acceptors (Lipinski definition) is 2. The van der Waals surface area contributed by atoms with Crippen LogP contribution in [-0.2, 0) is 16.1 Å². The van der Waals surface area contributed by atoms with Crippen LogP contribution in [0.5, 0.6) is 0 Å². The number of rotatable bonds is 7. The maximum Gasteiger partial charge on any atom is 0.279 e. The molecule has 150 valence electrons. The lowest BCUT2D eigenvalue weighted by Gasteiger charge is -2.20. The van der Waals surface area contributed by atoms with Crippen LogP contribution in [0.4, 0.5) is 10.1 Å². The van der Waals surface area contributed by atoms with Gasteiger partial charge < -0.3 is 15.1 Å². The van der Waals surface area contributed by atoms with Gasteiger partial charge in [0.15, 0.2) is 13.1 Å². The largest absolute Gasteiger partial charge is 0.337 e. The van der Waals surface area contributed by atoms with Crippen LogP contribution in [0.2, 0.25) is 0 Å². The third-order valence-corrected chi connectivity index (χ3v) is 4.59. The number of carbonyl (C=O) groups excluding carboxylic acids is 2. The SMILES string of the molecule is Cc1cc(C)c(NC(=O)C[NH+](C)CC(=O)N(C)Cc2cccc(F)c2)c(C)c1. The molecular formula is C22H29FN3O2+. The summed E-state index contributed by atoms with van der Waals surface area (Å²) in [5.41, 5.74) is 4.76. The molecule has 0 aliphatic rings. The summed E-state index contributed by atoms with van der Waals surface area (Å²) < 4.78 is 13.3. The Morgan fingerprint density at radius 3 is 2.32 bits per heavy atom. The molecule has 2 aromatic rings. The fourth-order valence-corrected chi connectivity index (χ4v) is 3.29. The summed E-state index contributed by atoms with van der Waals surface area (Å²) in [4.78, 5) is 27.1. The number of amides is 2. The van der Waals surface area contributed by atoms with E-state index in [1.807, 2.05) is 40.0 Å². The number of benzene rings is 2. The molecule has 0 saturated heterocycles. The van der Waals surface area contributed by atoms with Crippen LogP contribution < -0.4 is 10.2 Å². The molecule has 0 aromatic heterocycles. The van der Waals surface area contributed by atoms with Crippen molar-refractivity contribution >= 4 is 17.5 Å². The monoisotopic (exact) mass is 386 g/mol. The molecule has 28 heavy (non-hydrogen) atoms. The number of likely N-dealkylation sites (N-methyl/N-ethyl adjacent to an activating group) is 2. The van der Waals surface area contributed by atoms with E-state index in [1.165, 1.54) is 12.1 Å². The standard InChI is InChI=1S/C22H28FN3O2/c1-15-9-16(2)22(17(3)10-15)24-20(27)13-25(4)14-21(28)26(5)12-18-7-6-8-19(23)11-18/h6-11H,12-14H2,1-5H3,(H,24,27)/p+1. The van der Waals surface area contributed by atoms with Gasteiger partial charge in [-0.2, -0.15) is 0 Å². The number of hydrogen-bond donors (Lipinski definition) is 2. The molecule has 0 saturated carbocycles. The van der Waals surface area contributed by atoms with E-state index < -0.39 is 0 Å². The van der Waals surface area contributed by atoms with Crippen molar-refractivity contribution in [2.45, 2.75) is 27.3 Å². The van der Waals surface area contributed by atoms with Crippen LogP contribution in [0, 0.1) is 26.6 Å². The second-order valence-corrected chi connectivity index (χ2v) is 7.51. The summed E-state index contributed by atoms with van der Waals surface area (Å²) in [6, 6.07) is 10.3. The molecule has 0 fully saturated rings. The average Bonchev–Trinajstić information content (AvgIpc) is 2.57. The molecule has 0 aliphatic carbocycles. The number of nitrogens with one attached hydrogen (secondary N) is 2. The predicted octanol–water partition coefficient (Wildman–Crippen LogP) is 1.86. The molecule has 1 atom stereocenters. The molecule has 0 bridgehead atoms. The molecule has 0 radical (unpaired) electrons. The van der Waals surface area contributed by atoms with E-state index in [2.05, 4.69) is 5.32 Å². The third-order valence-electron chi connectivity index (χ3n) is 4.59. The molecule has 0 aliphatic heterocycles. The summed E-state index contributed by atoms with van der Waals surface area (Å²) in [7, 11) is 3.49. The summed E-state index contributed by atoms with van der Waals surface area (Å²) >= 11 is 0. The zero-order valence-electron chi connectivity index (χ0n) is 17.2. The lowest BCUT2D eigenvalue weighted by Crippen LogP contribution is -3.11. The fourth-order valence-electron chi connectivity index (χ4n) is 3.29. The van der Waals surface area contributed by atoms with E-state index in [0.717, 1.165) is 32.8 Å². The number of aryl methyl sites for hydroxylation is 3. The molecule has 5 nitrogen and oxygen atoms in total. The summed E-state index contributed by atoms with van der Waals surface area (Å²) in [6.45, 7) is 6.67. The topological polar surface area (TPSA) is 53.9 Å². The molecule has 2 rings (SSSR count). The number of halogens is 1. The number of carbonyl (C=O) groups is 2. The zero-order valence-corrected chi connectivity index (χ0v) is 17.2. The number of anilines is 1. The van der Waals surface area contributed by atoms with Crippen LogP contribution in [0.1, 0.15) is 22.3 Å². The number of quaternary nitrogens is 1. The van der Waals surface area contributed by atoms with Gasteiger partial charge in [0, 0.05) is 19.3 Å². The molecule has 0 spiro atoms. The Labute approximate surface area is 166 Å². The van der Waals surface area contributed by atoms with Crippen LogP contribution >= 0.6 is 0 Å². The first kappa shape index (κ1) is 21.6. The van der Waals surface area contributed by atoms with Gasteiger partial charge >= 0.3 is 0 Å². The van der Waals surface area contributed by atoms with Crippen molar-refractivity contribution in [3.05, 3.63) is 64.5 Å². The van der Waals surface area contributed by atoms with E-state index in [0.29, 0.717) is 6.54 Å². The highest BCUT2D eigenvalue weighted by Crippen LogP contribution is 2.21. The summed E-state index contributed by atoms with van der Waals surface area (Å²) in [5.74, 6) is -0.551. The van der Waals surface area contributed by atoms with Crippen molar-refractivity contribution in [2.24, 2.45) is 0 Å². The van der Waals surface area contributed by atoms with E-state index in [9.17, 15) is 14.0 Å². The quantitative estimate of drug-likeness (QED) is 0.763. The lowest BCUT2D eigenvalue weighted by molar-refractivity contribution is -0.862. The van der Waals surface area contributed by atoms with Crippen LogP contribution in [0.25, 0.3) is 0 Å². The molecule has 0 heterocycles. The van der Waals surface area contributed by atoms with Crippen molar-refractivity contribution in [3.63, 3.8) is 0 Å². The molecule has 2 N–H and O–H groups in total. The third kappa shape index (κ3) is 6.16. The lowest BCUT2D eigenvalue weighted by atomic mass is 10.1. The van der Waals surface area contributed by atoms with Gasteiger partial charge in [0.05, 0.1) is 7.05 Å². The predicted molar refractivity (Wildman–Crippen MR) is 109 cm³/mol. The van der Waals surface area contributed by atoms with Gasteiger partial charge in [-0.25, -0.2) is 4.39 Å². The van der Waals surface area contributed by atoms with Gasteiger partial charge in [-0.3, -0.25) is 9.59 Å². The van der Waals surface area contributed by atoms with Crippen LogP contribution in [-0.4, -0.2) is 43.9 Å². The second-order valence-electron chi connectivity index (χ2n) is 7.51. The summed E-state index contributed by atoms with van der Waals surface area (Å²) in [5, 5.41) is 2.96. The zero-order chi connectivity index (χ0) is 20.8. The maximum absolute atomic E-state index is 13.3. The molecule has 6 heteroatoms. The van der Waals surface area contributed by atoms with Gasteiger partial charge in [-0.1, -0.05) is 29.8 Å². The van der Waals surface area contributed by atoms with Gasteiger partial charge in [0.2, 0.25) is 0 Å². The number of nitrogens with zero attached hydrogens (tertiary/aromatic N) is 1. The molecule has 1 unspecified atom stereocenters. The van der Waals surface area contributed by atoms with Crippen molar-refractivity contribution in [1.29, 1.82) is 0 Å². The second kappa shape index (κ2) is 9.46.